The predicted molar refractivity (Wildman–Crippen MR) is 81.8 cm³/mol. The van der Waals surface area contributed by atoms with Gasteiger partial charge in [0.15, 0.2) is 0 Å². The molecular weight excluding hydrogens is 254 g/mol. The molecule has 1 nitrogen and oxygen atoms in total. The lowest BCUT2D eigenvalue weighted by molar-refractivity contribution is 0.234. The molecule has 19 heavy (non-hydrogen) atoms. The van der Waals surface area contributed by atoms with Gasteiger partial charge in [0.05, 0.1) is 0 Å². The van der Waals surface area contributed by atoms with Gasteiger partial charge in [0.2, 0.25) is 0 Å². The lowest BCUT2D eigenvalue weighted by Gasteiger charge is -2.39. The van der Waals surface area contributed by atoms with Gasteiger partial charge in [-0.15, -0.1) is 0 Å². The summed E-state index contributed by atoms with van der Waals surface area (Å²) in [5.41, 5.74) is 1.91. The fraction of sp³-hybridized carbons (Fsp3) is 0.647. The zero-order valence-electron chi connectivity index (χ0n) is 11.8. The van der Waals surface area contributed by atoms with E-state index in [1.165, 1.54) is 50.6 Å². The molecular formula is C17H24ClN. The van der Waals surface area contributed by atoms with E-state index in [-0.39, 0.29) is 0 Å². The molecule has 1 N–H and O–H groups in total. The summed E-state index contributed by atoms with van der Waals surface area (Å²) in [7, 11) is 0. The Morgan fingerprint density at radius 3 is 2.58 bits per heavy atom. The highest BCUT2D eigenvalue weighted by Gasteiger charge is 2.34. The van der Waals surface area contributed by atoms with Crippen molar-refractivity contribution in [2.75, 3.05) is 6.54 Å². The third-order valence-corrected chi connectivity index (χ3v) is 5.46. The number of rotatable bonds is 4. The number of halogens is 1. The van der Waals surface area contributed by atoms with Crippen LogP contribution in [0.1, 0.15) is 56.9 Å². The lowest BCUT2D eigenvalue weighted by atomic mass is 9.75. The minimum atomic E-state index is 0.565. The average molecular weight is 278 g/mol. The molecule has 0 radical (unpaired) electrons. The van der Waals surface area contributed by atoms with E-state index in [2.05, 4.69) is 24.4 Å². The van der Waals surface area contributed by atoms with Gasteiger partial charge in [-0.2, -0.15) is 0 Å². The van der Waals surface area contributed by atoms with Gasteiger partial charge in [-0.05, 0) is 48.6 Å². The first-order valence-corrected chi connectivity index (χ1v) is 8.02. The van der Waals surface area contributed by atoms with E-state index < -0.39 is 0 Å². The number of benzene rings is 1. The van der Waals surface area contributed by atoms with Gasteiger partial charge >= 0.3 is 0 Å². The maximum atomic E-state index is 6.26. The fourth-order valence-electron chi connectivity index (χ4n) is 3.64. The van der Waals surface area contributed by atoms with Gasteiger partial charge in [0, 0.05) is 17.6 Å². The van der Waals surface area contributed by atoms with Crippen LogP contribution in [0, 0.1) is 5.41 Å². The first kappa shape index (κ1) is 13.5. The highest BCUT2D eigenvalue weighted by atomic mass is 35.5. The summed E-state index contributed by atoms with van der Waals surface area (Å²) in [5, 5.41) is 4.72. The van der Waals surface area contributed by atoms with E-state index in [1.54, 1.807) is 0 Å². The second-order valence-electron chi connectivity index (χ2n) is 6.79. The van der Waals surface area contributed by atoms with Crippen molar-refractivity contribution in [3.63, 3.8) is 0 Å². The fourth-order valence-corrected chi connectivity index (χ4v) is 3.93. The topological polar surface area (TPSA) is 12.0 Å². The van der Waals surface area contributed by atoms with Gasteiger partial charge < -0.3 is 5.32 Å². The highest BCUT2D eigenvalue weighted by molar-refractivity contribution is 6.31. The van der Waals surface area contributed by atoms with Crippen LogP contribution >= 0.6 is 11.6 Å². The molecule has 1 aromatic carbocycles. The summed E-state index contributed by atoms with van der Waals surface area (Å²) in [6, 6.07) is 9.01. The molecule has 0 heterocycles. The van der Waals surface area contributed by atoms with E-state index in [0.29, 0.717) is 17.4 Å². The molecule has 0 aliphatic heterocycles. The van der Waals surface area contributed by atoms with Crippen LogP contribution in [0.2, 0.25) is 5.02 Å². The Hall–Kier alpha value is -0.530. The summed E-state index contributed by atoms with van der Waals surface area (Å²) >= 11 is 6.26. The Morgan fingerprint density at radius 2 is 1.89 bits per heavy atom. The smallest absolute Gasteiger partial charge is 0.0440 e. The molecule has 0 amide bonds. The van der Waals surface area contributed by atoms with Crippen LogP contribution in [0.15, 0.2) is 24.3 Å². The quantitative estimate of drug-likeness (QED) is 0.837. The van der Waals surface area contributed by atoms with Crippen molar-refractivity contribution in [1.29, 1.82) is 0 Å². The number of hydrogen-bond donors (Lipinski definition) is 1. The van der Waals surface area contributed by atoms with E-state index in [9.17, 15) is 0 Å². The second kappa shape index (κ2) is 5.46. The summed E-state index contributed by atoms with van der Waals surface area (Å²) < 4.78 is 0. The van der Waals surface area contributed by atoms with Crippen molar-refractivity contribution in [3.8, 4) is 0 Å². The molecule has 0 spiro atoms. The second-order valence-corrected chi connectivity index (χ2v) is 7.19. The third-order valence-electron chi connectivity index (χ3n) is 5.11. The van der Waals surface area contributed by atoms with Crippen molar-refractivity contribution in [2.45, 2.75) is 57.4 Å². The molecule has 0 saturated heterocycles. The van der Waals surface area contributed by atoms with Crippen molar-refractivity contribution in [2.24, 2.45) is 5.41 Å². The van der Waals surface area contributed by atoms with Crippen LogP contribution < -0.4 is 5.32 Å². The van der Waals surface area contributed by atoms with Crippen molar-refractivity contribution >= 4 is 11.6 Å². The van der Waals surface area contributed by atoms with Crippen molar-refractivity contribution in [3.05, 3.63) is 34.9 Å². The van der Waals surface area contributed by atoms with Crippen LogP contribution in [0.3, 0.4) is 0 Å². The van der Waals surface area contributed by atoms with Crippen LogP contribution in [0.25, 0.3) is 0 Å². The Balaban J connectivity index is 1.47. The van der Waals surface area contributed by atoms with Crippen LogP contribution in [-0.2, 0) is 0 Å². The predicted octanol–water partition coefficient (Wildman–Crippen LogP) is 4.76. The Morgan fingerprint density at radius 1 is 1.21 bits per heavy atom. The van der Waals surface area contributed by atoms with Gasteiger partial charge in [0.1, 0.15) is 0 Å². The molecule has 0 bridgehead atoms. The molecule has 2 aliphatic carbocycles. The van der Waals surface area contributed by atoms with Crippen molar-refractivity contribution in [1.82, 2.24) is 5.32 Å². The summed E-state index contributed by atoms with van der Waals surface area (Å²) in [4.78, 5) is 0. The Bertz CT molecular complexity index is 431. The largest absolute Gasteiger partial charge is 0.313 e. The summed E-state index contributed by atoms with van der Waals surface area (Å²) in [6.07, 6.45) is 8.15. The van der Waals surface area contributed by atoms with E-state index in [0.717, 1.165) is 5.02 Å². The zero-order chi connectivity index (χ0) is 13.3. The molecule has 2 aliphatic rings. The van der Waals surface area contributed by atoms with Crippen LogP contribution in [0.5, 0.6) is 0 Å². The Labute approximate surface area is 121 Å². The maximum absolute atomic E-state index is 6.26. The normalized spacial score (nSPS) is 29.2. The molecule has 0 aromatic heterocycles. The van der Waals surface area contributed by atoms with Crippen LogP contribution in [-0.4, -0.2) is 12.6 Å². The highest BCUT2D eigenvalue weighted by Crippen LogP contribution is 2.41. The summed E-state index contributed by atoms with van der Waals surface area (Å²) in [5.74, 6) is 0.669. The lowest BCUT2D eigenvalue weighted by Crippen LogP contribution is -2.44. The van der Waals surface area contributed by atoms with Crippen molar-refractivity contribution < 1.29 is 0 Å². The first-order chi connectivity index (χ1) is 9.16. The van der Waals surface area contributed by atoms with Gasteiger partial charge in [-0.3, -0.25) is 0 Å². The SMILES string of the molecule is CC1(CNC2CC(c3ccccc3Cl)C2)CCCC1. The first-order valence-electron chi connectivity index (χ1n) is 7.64. The molecule has 1 aromatic rings. The molecule has 3 rings (SSSR count). The van der Waals surface area contributed by atoms with E-state index in [1.807, 2.05) is 12.1 Å². The minimum Gasteiger partial charge on any atom is -0.313 e. The molecule has 2 heteroatoms. The van der Waals surface area contributed by atoms with Gasteiger partial charge in [-0.25, -0.2) is 0 Å². The maximum Gasteiger partial charge on any atom is 0.0440 e. The molecule has 0 atom stereocenters. The standard InChI is InChI=1S/C17H24ClN/c1-17(8-4-5-9-17)12-19-14-10-13(11-14)15-6-2-3-7-16(15)18/h2-3,6-7,13-14,19H,4-5,8-12H2,1H3. The zero-order valence-corrected chi connectivity index (χ0v) is 12.5. The molecule has 2 saturated carbocycles. The monoisotopic (exact) mass is 277 g/mol. The number of hydrogen-bond acceptors (Lipinski definition) is 1. The van der Waals surface area contributed by atoms with Gasteiger partial charge in [0.25, 0.3) is 0 Å². The Kier molecular flexibility index (Phi) is 3.86. The molecule has 104 valence electrons. The van der Waals surface area contributed by atoms with Crippen LogP contribution in [0.4, 0.5) is 0 Å². The third kappa shape index (κ3) is 2.98. The van der Waals surface area contributed by atoms with E-state index >= 15 is 0 Å². The number of nitrogens with one attached hydrogen (secondary N) is 1. The molecule has 2 fully saturated rings. The summed E-state index contributed by atoms with van der Waals surface area (Å²) in [6.45, 7) is 3.64. The van der Waals surface area contributed by atoms with Gasteiger partial charge in [-0.1, -0.05) is 49.6 Å². The minimum absolute atomic E-state index is 0.565. The average Bonchev–Trinajstić information content (AvgIpc) is 2.77. The molecule has 0 unspecified atom stereocenters. The van der Waals surface area contributed by atoms with E-state index in [4.69, 9.17) is 11.6 Å².